The number of carbonyl (C=O) groups excluding carboxylic acids is 1. The first kappa shape index (κ1) is 27.8. The van der Waals surface area contributed by atoms with Gasteiger partial charge in [-0.15, -0.1) is 0 Å². The van der Waals surface area contributed by atoms with Crippen molar-refractivity contribution in [3.8, 4) is 39.8 Å². The third-order valence-corrected chi connectivity index (χ3v) is 6.98. The Kier molecular flexibility index (Phi) is 7.22. The number of methoxy groups -OCH3 is 1. The summed E-state index contributed by atoms with van der Waals surface area (Å²) in [4.78, 5) is 29.3. The van der Waals surface area contributed by atoms with E-state index in [1.165, 1.54) is 20.1 Å². The lowest BCUT2D eigenvalue weighted by atomic mass is 10.1. The molecule has 13 heteroatoms. The van der Waals surface area contributed by atoms with Crippen LogP contribution in [0.15, 0.2) is 60.0 Å². The number of nitrogens with zero attached hydrogens (tertiary/aromatic N) is 4. The van der Waals surface area contributed by atoms with Crippen molar-refractivity contribution >= 4 is 33.1 Å². The number of aromatic nitrogens is 4. The summed E-state index contributed by atoms with van der Waals surface area (Å²) in [6.45, 7) is 5.54. The number of anilines is 3. The molecule has 1 amide bonds. The molecule has 5 heterocycles. The van der Waals surface area contributed by atoms with Crippen LogP contribution in [-0.4, -0.2) is 59.8 Å². The van der Waals surface area contributed by atoms with Crippen molar-refractivity contribution in [1.29, 1.82) is 0 Å². The first-order valence-corrected chi connectivity index (χ1v) is 14.4. The molecule has 0 spiro atoms. The molecule has 0 fully saturated rings. The minimum absolute atomic E-state index is 0.152. The van der Waals surface area contributed by atoms with E-state index in [2.05, 4.69) is 30.6 Å². The van der Waals surface area contributed by atoms with E-state index in [0.29, 0.717) is 52.1 Å². The Hall–Kier alpha value is -4.78. The standard InChI is InChI=1S/C28H28N6O6S/c1-16(35)31-24-12-21(19(14-30-24)20-6-7-23-27(33-20)39-15-28(2,3)40-23)32-25-10-17(11-26(34-25)41(5,36)37)18-13-29-9-8-22(18)38-4/h6-14H,15H2,1-5H3,(H2,30,31,32,34,35). The van der Waals surface area contributed by atoms with E-state index in [1.54, 1.807) is 48.9 Å². The number of amides is 1. The second-order valence-electron chi connectivity index (χ2n) is 10.00. The lowest BCUT2D eigenvalue weighted by Crippen LogP contribution is -2.39. The maximum Gasteiger partial charge on any atom is 0.257 e. The van der Waals surface area contributed by atoms with Crippen molar-refractivity contribution < 1.29 is 27.4 Å². The van der Waals surface area contributed by atoms with E-state index in [4.69, 9.17) is 14.2 Å². The molecule has 41 heavy (non-hydrogen) atoms. The molecular weight excluding hydrogens is 548 g/mol. The molecule has 0 atom stereocenters. The number of sulfone groups is 1. The van der Waals surface area contributed by atoms with Gasteiger partial charge in [0.05, 0.1) is 18.5 Å². The summed E-state index contributed by atoms with van der Waals surface area (Å²) < 4.78 is 42.5. The van der Waals surface area contributed by atoms with Crippen LogP contribution in [0.5, 0.6) is 17.4 Å². The topological polar surface area (TPSA) is 155 Å². The average molecular weight is 577 g/mol. The van der Waals surface area contributed by atoms with Crippen LogP contribution < -0.4 is 24.8 Å². The Morgan fingerprint density at radius 3 is 2.59 bits per heavy atom. The Bertz CT molecular complexity index is 1760. The molecule has 0 unspecified atom stereocenters. The zero-order valence-corrected chi connectivity index (χ0v) is 23.9. The number of nitrogens with one attached hydrogen (secondary N) is 2. The number of fused-ring (bicyclic) bond motifs is 1. The summed E-state index contributed by atoms with van der Waals surface area (Å²) in [5.41, 5.74) is 2.11. The van der Waals surface area contributed by atoms with Gasteiger partial charge in [0.2, 0.25) is 5.91 Å². The van der Waals surface area contributed by atoms with Gasteiger partial charge in [-0.1, -0.05) is 0 Å². The third-order valence-electron chi connectivity index (χ3n) is 6.01. The van der Waals surface area contributed by atoms with E-state index in [-0.39, 0.29) is 22.6 Å². The van der Waals surface area contributed by atoms with Gasteiger partial charge >= 0.3 is 0 Å². The fraction of sp³-hybridized carbons (Fsp3) is 0.250. The number of carbonyl (C=O) groups is 1. The smallest absolute Gasteiger partial charge is 0.257 e. The highest BCUT2D eigenvalue weighted by Gasteiger charge is 2.29. The van der Waals surface area contributed by atoms with Gasteiger partial charge < -0.3 is 24.8 Å². The Morgan fingerprint density at radius 1 is 1.05 bits per heavy atom. The van der Waals surface area contributed by atoms with Gasteiger partial charge in [-0.25, -0.2) is 23.4 Å². The lowest BCUT2D eigenvalue weighted by Gasteiger charge is -2.31. The van der Waals surface area contributed by atoms with E-state index in [9.17, 15) is 13.2 Å². The van der Waals surface area contributed by atoms with Crippen molar-refractivity contribution in [2.24, 2.45) is 0 Å². The maximum absolute atomic E-state index is 12.6. The van der Waals surface area contributed by atoms with Crippen LogP contribution in [0.4, 0.5) is 17.3 Å². The number of hydrogen-bond donors (Lipinski definition) is 2. The molecule has 4 aromatic rings. The van der Waals surface area contributed by atoms with E-state index in [0.717, 1.165) is 6.26 Å². The van der Waals surface area contributed by atoms with Crippen LogP contribution in [0.25, 0.3) is 22.4 Å². The predicted octanol–water partition coefficient (Wildman–Crippen LogP) is 4.26. The molecule has 0 saturated carbocycles. The summed E-state index contributed by atoms with van der Waals surface area (Å²) in [5, 5.41) is 5.71. The third kappa shape index (κ3) is 6.19. The van der Waals surface area contributed by atoms with Gasteiger partial charge in [0.15, 0.2) is 20.6 Å². The zero-order chi connectivity index (χ0) is 29.4. The van der Waals surface area contributed by atoms with E-state index >= 15 is 0 Å². The van der Waals surface area contributed by atoms with Crippen molar-refractivity contribution in [3.63, 3.8) is 0 Å². The summed E-state index contributed by atoms with van der Waals surface area (Å²) in [6.07, 6.45) is 5.78. The fourth-order valence-corrected chi connectivity index (χ4v) is 4.77. The monoisotopic (exact) mass is 576 g/mol. The van der Waals surface area contributed by atoms with E-state index in [1.807, 2.05) is 13.8 Å². The van der Waals surface area contributed by atoms with Crippen molar-refractivity contribution in [2.45, 2.75) is 31.4 Å². The Labute approximate surface area is 237 Å². The van der Waals surface area contributed by atoms with Crippen LogP contribution in [-0.2, 0) is 14.6 Å². The van der Waals surface area contributed by atoms with E-state index < -0.39 is 15.4 Å². The number of hydrogen-bond acceptors (Lipinski definition) is 11. The SMILES string of the molecule is COc1ccncc1-c1cc(Nc2cc(NC(C)=O)ncc2-c2ccc3c(n2)OCC(C)(C)O3)nc(S(C)(=O)=O)c1. The normalized spacial score (nSPS) is 13.8. The maximum atomic E-state index is 12.6. The summed E-state index contributed by atoms with van der Waals surface area (Å²) >= 11 is 0. The fourth-order valence-electron chi connectivity index (χ4n) is 4.17. The molecule has 0 bridgehead atoms. The Balaban J connectivity index is 1.62. The highest BCUT2D eigenvalue weighted by atomic mass is 32.2. The minimum Gasteiger partial charge on any atom is -0.496 e. The quantitative estimate of drug-likeness (QED) is 0.324. The highest BCUT2D eigenvalue weighted by Crippen LogP contribution is 2.39. The van der Waals surface area contributed by atoms with Crippen LogP contribution in [0.1, 0.15) is 20.8 Å². The largest absolute Gasteiger partial charge is 0.496 e. The average Bonchev–Trinajstić information content (AvgIpc) is 2.91. The van der Waals surface area contributed by atoms with Gasteiger partial charge in [0.25, 0.3) is 5.88 Å². The molecule has 5 rings (SSSR count). The van der Waals surface area contributed by atoms with Crippen LogP contribution in [0, 0.1) is 0 Å². The summed E-state index contributed by atoms with van der Waals surface area (Å²) in [6, 6.07) is 9.95. The first-order valence-electron chi connectivity index (χ1n) is 12.5. The van der Waals surface area contributed by atoms with Gasteiger partial charge in [-0.05, 0) is 49.7 Å². The van der Waals surface area contributed by atoms with Crippen LogP contribution >= 0.6 is 0 Å². The van der Waals surface area contributed by atoms with Gasteiger partial charge in [-0.2, -0.15) is 0 Å². The molecular formula is C28H28N6O6S. The molecule has 12 nitrogen and oxygen atoms in total. The van der Waals surface area contributed by atoms with Crippen molar-refractivity contribution in [2.75, 3.05) is 30.6 Å². The van der Waals surface area contributed by atoms with Crippen molar-refractivity contribution in [1.82, 2.24) is 19.9 Å². The second kappa shape index (κ2) is 10.7. The first-order chi connectivity index (χ1) is 19.4. The molecule has 0 radical (unpaired) electrons. The molecule has 1 aliphatic rings. The molecule has 212 valence electrons. The Morgan fingerprint density at radius 2 is 1.85 bits per heavy atom. The zero-order valence-electron chi connectivity index (χ0n) is 23.0. The molecule has 0 aromatic carbocycles. The highest BCUT2D eigenvalue weighted by molar-refractivity contribution is 7.90. The van der Waals surface area contributed by atoms with Gasteiger partial charge in [-0.3, -0.25) is 9.78 Å². The van der Waals surface area contributed by atoms with Gasteiger partial charge in [0.1, 0.15) is 29.6 Å². The molecule has 1 aliphatic heterocycles. The minimum atomic E-state index is -3.70. The summed E-state index contributed by atoms with van der Waals surface area (Å²) in [7, 11) is -2.18. The lowest BCUT2D eigenvalue weighted by molar-refractivity contribution is -0.114. The number of rotatable bonds is 7. The summed E-state index contributed by atoms with van der Waals surface area (Å²) in [5.74, 6) is 1.55. The number of ether oxygens (including phenoxy) is 3. The predicted molar refractivity (Wildman–Crippen MR) is 152 cm³/mol. The van der Waals surface area contributed by atoms with Crippen LogP contribution in [0.2, 0.25) is 0 Å². The molecule has 0 saturated heterocycles. The molecule has 0 aliphatic carbocycles. The van der Waals surface area contributed by atoms with Crippen LogP contribution in [0.3, 0.4) is 0 Å². The van der Waals surface area contributed by atoms with Gasteiger partial charge in [0, 0.05) is 49.0 Å². The second-order valence-corrected chi connectivity index (χ2v) is 12.0. The number of pyridine rings is 4. The van der Waals surface area contributed by atoms with Crippen molar-refractivity contribution in [3.05, 3.63) is 55.0 Å². The molecule has 2 N–H and O–H groups in total. The molecule has 4 aromatic heterocycles.